The summed E-state index contributed by atoms with van der Waals surface area (Å²) in [7, 11) is 0. The molecule has 0 bridgehead atoms. The molecular weight excluding hydrogens is 472 g/mol. The molecule has 11 nitrogen and oxygen atoms in total. The minimum Gasteiger partial charge on any atom is -0.494 e. The van der Waals surface area contributed by atoms with Gasteiger partial charge in [0, 0.05) is 29.7 Å². The van der Waals surface area contributed by atoms with Crippen LogP contribution in [0.2, 0.25) is 5.02 Å². The van der Waals surface area contributed by atoms with Crippen LogP contribution in [0.4, 0.5) is 0 Å². The molecule has 0 radical (unpaired) electrons. The Hall–Kier alpha value is -2.89. The number of rotatable bonds is 11. The Morgan fingerprint density at radius 3 is 1.91 bits per heavy atom. The number of hydrogen-bond acceptors (Lipinski definition) is 7. The summed E-state index contributed by atoms with van der Waals surface area (Å²) >= 11 is 6.07. The van der Waals surface area contributed by atoms with E-state index in [1.807, 2.05) is 25.1 Å². The fourth-order valence-corrected chi connectivity index (χ4v) is 3.18. The summed E-state index contributed by atoms with van der Waals surface area (Å²) in [5.74, 6) is -3.37. The molecule has 1 aromatic rings. The second-order valence-electron chi connectivity index (χ2n) is 7.26. The summed E-state index contributed by atoms with van der Waals surface area (Å²) in [5.41, 5.74) is 6.96. The zero-order valence-corrected chi connectivity index (χ0v) is 19.9. The molecule has 1 saturated heterocycles. The Balaban J connectivity index is 0.000000570. The van der Waals surface area contributed by atoms with Crippen molar-refractivity contribution in [2.75, 3.05) is 19.7 Å². The lowest BCUT2D eigenvalue weighted by atomic mass is 10.1. The van der Waals surface area contributed by atoms with E-state index in [1.165, 1.54) is 12.8 Å². The van der Waals surface area contributed by atoms with E-state index in [4.69, 9.17) is 42.5 Å². The average molecular weight is 505 g/mol. The van der Waals surface area contributed by atoms with Crippen molar-refractivity contribution in [2.45, 2.75) is 58.0 Å². The first-order chi connectivity index (χ1) is 16.0. The van der Waals surface area contributed by atoms with E-state index < -0.39 is 23.9 Å². The number of aliphatic carboxylic acids is 4. The number of halogens is 1. The van der Waals surface area contributed by atoms with Gasteiger partial charge in [-0.1, -0.05) is 11.6 Å². The number of carbonyl (C=O) groups is 4. The fraction of sp³-hybridized carbons (Fsp3) is 0.545. The van der Waals surface area contributed by atoms with Crippen molar-refractivity contribution in [3.8, 4) is 5.75 Å². The monoisotopic (exact) mass is 504 g/mol. The maximum Gasteiger partial charge on any atom is 0.303 e. The third kappa shape index (κ3) is 15.0. The molecule has 0 amide bonds. The van der Waals surface area contributed by atoms with E-state index >= 15 is 0 Å². The molecule has 2 rings (SSSR count). The smallest absolute Gasteiger partial charge is 0.303 e. The van der Waals surface area contributed by atoms with Gasteiger partial charge in [-0.05, 0) is 44.5 Å². The molecular formula is C22H33ClN2O9. The van der Waals surface area contributed by atoms with Crippen LogP contribution in [0.15, 0.2) is 18.2 Å². The van der Waals surface area contributed by atoms with Crippen molar-refractivity contribution in [3.63, 3.8) is 0 Å². The van der Waals surface area contributed by atoms with Crippen molar-refractivity contribution in [1.82, 2.24) is 4.90 Å². The van der Waals surface area contributed by atoms with E-state index in [9.17, 15) is 19.2 Å². The van der Waals surface area contributed by atoms with Crippen LogP contribution in [0.25, 0.3) is 0 Å². The molecule has 0 spiro atoms. The Bertz CT molecular complexity index is 749. The SMILES string of the molecule is CCOc1ccc(Cl)cc1CN1CCC[C@@H]1CN.O=C(O)CCC(=O)O.O=C(O)CCC(=O)O. The van der Waals surface area contributed by atoms with Crippen molar-refractivity contribution in [3.05, 3.63) is 28.8 Å². The quantitative estimate of drug-likeness (QED) is 0.298. The second kappa shape index (κ2) is 17.6. The van der Waals surface area contributed by atoms with Crippen LogP contribution < -0.4 is 10.5 Å². The molecule has 0 aromatic heterocycles. The van der Waals surface area contributed by atoms with Gasteiger partial charge in [-0.25, -0.2) is 0 Å². The normalized spacial score (nSPS) is 14.7. The molecule has 0 aliphatic carbocycles. The first kappa shape index (κ1) is 31.1. The summed E-state index contributed by atoms with van der Waals surface area (Å²) in [6.45, 7) is 5.38. The summed E-state index contributed by atoms with van der Waals surface area (Å²) in [6.07, 6.45) is 1.24. The van der Waals surface area contributed by atoms with Gasteiger partial charge in [0.25, 0.3) is 0 Å². The van der Waals surface area contributed by atoms with Crippen LogP contribution in [0, 0.1) is 0 Å². The third-order valence-corrected chi connectivity index (χ3v) is 4.81. The van der Waals surface area contributed by atoms with Gasteiger partial charge in [0.15, 0.2) is 0 Å². The van der Waals surface area contributed by atoms with Gasteiger partial charge in [0.1, 0.15) is 5.75 Å². The zero-order valence-electron chi connectivity index (χ0n) is 19.1. The number of likely N-dealkylation sites (tertiary alicyclic amines) is 1. The van der Waals surface area contributed by atoms with Gasteiger partial charge >= 0.3 is 23.9 Å². The Kier molecular flexibility index (Phi) is 16.1. The average Bonchev–Trinajstić information content (AvgIpc) is 3.21. The number of ether oxygens (including phenoxy) is 1. The number of carboxylic acids is 4. The van der Waals surface area contributed by atoms with Crippen molar-refractivity contribution < 1.29 is 44.3 Å². The van der Waals surface area contributed by atoms with Gasteiger partial charge in [0.2, 0.25) is 0 Å². The van der Waals surface area contributed by atoms with Crippen LogP contribution in [-0.4, -0.2) is 74.9 Å². The molecule has 192 valence electrons. The first-order valence-corrected chi connectivity index (χ1v) is 11.1. The molecule has 6 N–H and O–H groups in total. The van der Waals surface area contributed by atoms with Crippen molar-refractivity contribution in [2.24, 2.45) is 5.73 Å². The lowest BCUT2D eigenvalue weighted by molar-refractivity contribution is -0.143. The molecule has 1 aromatic carbocycles. The van der Waals surface area contributed by atoms with Crippen LogP contribution >= 0.6 is 11.6 Å². The number of hydrogen-bond donors (Lipinski definition) is 5. The summed E-state index contributed by atoms with van der Waals surface area (Å²) < 4.78 is 5.65. The van der Waals surface area contributed by atoms with Gasteiger partial charge in [-0.3, -0.25) is 24.1 Å². The highest BCUT2D eigenvalue weighted by molar-refractivity contribution is 6.30. The van der Waals surface area contributed by atoms with E-state index in [-0.39, 0.29) is 25.7 Å². The molecule has 1 atom stereocenters. The molecule has 1 heterocycles. The van der Waals surface area contributed by atoms with Crippen LogP contribution in [-0.2, 0) is 25.7 Å². The molecule has 1 fully saturated rings. The predicted octanol–water partition coefficient (Wildman–Crippen LogP) is 2.53. The highest BCUT2D eigenvalue weighted by Crippen LogP contribution is 2.27. The number of carboxylic acid groups (broad SMARTS) is 4. The first-order valence-electron chi connectivity index (χ1n) is 10.7. The van der Waals surface area contributed by atoms with Gasteiger partial charge in [-0.2, -0.15) is 0 Å². The third-order valence-electron chi connectivity index (χ3n) is 4.57. The predicted molar refractivity (Wildman–Crippen MR) is 124 cm³/mol. The molecule has 12 heteroatoms. The van der Waals surface area contributed by atoms with Crippen LogP contribution in [0.3, 0.4) is 0 Å². The van der Waals surface area contributed by atoms with E-state index in [2.05, 4.69) is 4.90 Å². The zero-order chi connectivity index (χ0) is 26.1. The van der Waals surface area contributed by atoms with Gasteiger partial charge < -0.3 is 30.9 Å². The summed E-state index contributed by atoms with van der Waals surface area (Å²) in [5, 5.41) is 32.4. The lowest BCUT2D eigenvalue weighted by Crippen LogP contribution is -2.34. The highest BCUT2D eigenvalue weighted by atomic mass is 35.5. The summed E-state index contributed by atoms with van der Waals surface area (Å²) in [4.78, 5) is 41.0. The molecule has 1 aliphatic rings. The molecule has 34 heavy (non-hydrogen) atoms. The number of nitrogens with zero attached hydrogens (tertiary/aromatic N) is 1. The lowest BCUT2D eigenvalue weighted by Gasteiger charge is -2.24. The fourth-order valence-electron chi connectivity index (χ4n) is 2.98. The maximum absolute atomic E-state index is 9.64. The van der Waals surface area contributed by atoms with Crippen LogP contribution in [0.1, 0.15) is 51.0 Å². The second-order valence-corrected chi connectivity index (χ2v) is 7.70. The topological polar surface area (TPSA) is 188 Å². The molecule has 0 unspecified atom stereocenters. The highest BCUT2D eigenvalue weighted by Gasteiger charge is 2.24. The Labute approximate surface area is 203 Å². The van der Waals surface area contributed by atoms with Crippen LogP contribution in [0.5, 0.6) is 5.75 Å². The summed E-state index contributed by atoms with van der Waals surface area (Å²) in [6, 6.07) is 6.33. The van der Waals surface area contributed by atoms with Crippen molar-refractivity contribution >= 4 is 35.5 Å². The number of nitrogens with two attached hydrogens (primary N) is 1. The van der Waals surface area contributed by atoms with E-state index in [0.717, 1.165) is 36.0 Å². The van der Waals surface area contributed by atoms with Gasteiger partial charge in [-0.15, -0.1) is 0 Å². The largest absolute Gasteiger partial charge is 0.494 e. The minimum atomic E-state index is -1.08. The standard InChI is InChI=1S/C14H21ClN2O.2C4H6O4/c1-2-18-14-6-5-12(15)8-11(14)10-17-7-3-4-13(17)9-16;2*5-3(6)1-2-4(7)8/h5-6,8,13H,2-4,7,9-10,16H2,1H3;2*1-2H2,(H,5,6)(H,7,8)/t13-;;/m1../s1. The Morgan fingerprint density at radius 1 is 1.00 bits per heavy atom. The Morgan fingerprint density at radius 2 is 1.50 bits per heavy atom. The molecule has 1 aliphatic heterocycles. The minimum absolute atomic E-state index is 0.296. The van der Waals surface area contributed by atoms with Gasteiger partial charge in [0.05, 0.1) is 32.3 Å². The number of benzene rings is 1. The molecule has 0 saturated carbocycles. The van der Waals surface area contributed by atoms with E-state index in [1.54, 1.807) is 0 Å². The maximum atomic E-state index is 9.64. The van der Waals surface area contributed by atoms with E-state index in [0.29, 0.717) is 12.6 Å². The van der Waals surface area contributed by atoms with Crippen molar-refractivity contribution in [1.29, 1.82) is 0 Å².